The van der Waals surface area contributed by atoms with Crippen LogP contribution < -0.4 is 5.32 Å². The quantitative estimate of drug-likeness (QED) is 0.308. The molecule has 2 amide bonds. The number of aliphatic hydroxyl groups excluding tert-OH is 2. The van der Waals surface area contributed by atoms with Crippen molar-refractivity contribution < 1.29 is 32.7 Å². The highest BCUT2D eigenvalue weighted by molar-refractivity contribution is 7.95. The predicted molar refractivity (Wildman–Crippen MR) is 144 cm³/mol. The Morgan fingerprint density at radius 1 is 0.895 bits per heavy atom. The van der Waals surface area contributed by atoms with Gasteiger partial charge in [0.1, 0.15) is 16.6 Å². The molecule has 1 heterocycles. The Hall–Kier alpha value is -3.57. The zero-order valence-electron chi connectivity index (χ0n) is 21.8. The van der Waals surface area contributed by atoms with Crippen LogP contribution in [0, 0.1) is 13.8 Å². The summed E-state index contributed by atoms with van der Waals surface area (Å²) in [5.41, 5.74) is 3.86. The van der Waals surface area contributed by atoms with E-state index in [2.05, 4.69) is 10.0 Å². The molecule has 9 nitrogen and oxygen atoms in total. The number of amides is 2. The Morgan fingerprint density at radius 3 is 2.00 bits per heavy atom. The van der Waals surface area contributed by atoms with Crippen LogP contribution in [0.5, 0.6) is 0 Å². The van der Waals surface area contributed by atoms with E-state index in [9.17, 15) is 28.2 Å². The number of carbonyl (C=O) groups excluding carboxylic acids is 2. The van der Waals surface area contributed by atoms with Crippen molar-refractivity contribution in [1.82, 2.24) is 0 Å². The van der Waals surface area contributed by atoms with Crippen LogP contribution in [0.1, 0.15) is 40.9 Å². The fraction of sp³-hybridized carbons (Fsp3) is 0.286. The molecule has 2 unspecified atom stereocenters. The van der Waals surface area contributed by atoms with Gasteiger partial charge in [-0.15, -0.1) is 0 Å². The number of rotatable bonds is 7. The summed E-state index contributed by atoms with van der Waals surface area (Å²) in [4.78, 5) is 23.7. The molecular formula is C28H33N3O6S. The van der Waals surface area contributed by atoms with Crippen molar-refractivity contribution in [2.45, 2.75) is 51.6 Å². The SMILES string of the molecule is Cc1cccc(C)c1NC(=O)C[N+](Cc1ccccc1)(C(C)O)C(C)O.O=C1[N-]S(=O)(=O)c2ccccc21. The van der Waals surface area contributed by atoms with Crippen molar-refractivity contribution in [2.75, 3.05) is 11.9 Å². The van der Waals surface area contributed by atoms with Gasteiger partial charge in [0.2, 0.25) is 0 Å². The fourth-order valence-electron chi connectivity index (χ4n) is 4.35. The lowest BCUT2D eigenvalue weighted by Crippen LogP contribution is -2.61. The van der Waals surface area contributed by atoms with Gasteiger partial charge in [0.25, 0.3) is 5.91 Å². The summed E-state index contributed by atoms with van der Waals surface area (Å²) in [5.74, 6) is -0.911. The van der Waals surface area contributed by atoms with Gasteiger partial charge >= 0.3 is 0 Å². The van der Waals surface area contributed by atoms with Gasteiger partial charge in [0.15, 0.2) is 19.0 Å². The molecule has 0 radical (unpaired) electrons. The first kappa shape index (κ1) is 29.0. The Balaban J connectivity index is 0.000000275. The molecule has 3 aromatic rings. The molecule has 0 bridgehead atoms. The van der Waals surface area contributed by atoms with Gasteiger partial charge in [-0.2, -0.15) is 0 Å². The second-order valence-corrected chi connectivity index (χ2v) is 10.9. The number of benzene rings is 3. The normalized spacial score (nSPS) is 16.6. The van der Waals surface area contributed by atoms with Gasteiger partial charge in [-0.1, -0.05) is 66.7 Å². The van der Waals surface area contributed by atoms with Gasteiger partial charge < -0.3 is 25.0 Å². The van der Waals surface area contributed by atoms with Crippen molar-refractivity contribution in [3.05, 3.63) is 99.8 Å². The number of fused-ring (bicyclic) bond motifs is 1. The first-order valence-corrected chi connectivity index (χ1v) is 13.6. The van der Waals surface area contributed by atoms with Crippen molar-refractivity contribution in [3.8, 4) is 0 Å². The second kappa shape index (κ2) is 11.9. The lowest BCUT2D eigenvalue weighted by atomic mass is 10.1. The van der Waals surface area contributed by atoms with Crippen LogP contribution in [0.15, 0.2) is 77.7 Å². The maximum atomic E-state index is 12.8. The van der Waals surface area contributed by atoms with E-state index in [1.54, 1.807) is 26.0 Å². The van der Waals surface area contributed by atoms with Crippen LogP contribution >= 0.6 is 0 Å². The zero-order chi connectivity index (χ0) is 28.1. The minimum absolute atomic E-state index is 0.00926. The highest BCUT2D eigenvalue weighted by Crippen LogP contribution is 2.30. The van der Waals surface area contributed by atoms with Crippen LogP contribution in [-0.4, -0.2) is 53.9 Å². The molecule has 2 atom stereocenters. The monoisotopic (exact) mass is 539 g/mol. The standard InChI is InChI=1S/C21H28N2O3.C7H5NO3S/c1-15-9-8-10-16(2)21(15)22-20(26)14-23(17(3)24,18(4)25)13-19-11-6-5-7-12-19;9-7-5-3-1-2-4-6(5)12(10,11)8-7/h5-12,17-18,24-25H,13-14H2,1-4H3;1-4H,(H,8,9). The number of aryl methyl sites for hydroxylation is 2. The summed E-state index contributed by atoms with van der Waals surface area (Å²) < 4.78 is 25.0. The summed E-state index contributed by atoms with van der Waals surface area (Å²) in [6.07, 6.45) is -1.81. The highest BCUT2D eigenvalue weighted by Gasteiger charge is 2.40. The van der Waals surface area contributed by atoms with E-state index in [1.807, 2.05) is 62.4 Å². The molecule has 3 N–H and O–H groups in total. The topological polar surface area (TPSA) is 135 Å². The summed E-state index contributed by atoms with van der Waals surface area (Å²) in [7, 11) is -3.68. The molecule has 4 rings (SSSR count). The largest absolute Gasteiger partial charge is 0.537 e. The van der Waals surface area contributed by atoms with Gasteiger partial charge in [-0.3, -0.25) is 9.28 Å². The Labute approximate surface area is 223 Å². The van der Waals surface area contributed by atoms with E-state index in [1.165, 1.54) is 12.1 Å². The molecule has 0 saturated heterocycles. The van der Waals surface area contributed by atoms with E-state index < -0.39 is 28.4 Å². The van der Waals surface area contributed by atoms with E-state index >= 15 is 0 Å². The van der Waals surface area contributed by atoms with Crippen molar-refractivity contribution >= 4 is 27.5 Å². The number of nitrogens with zero attached hydrogens (tertiary/aromatic N) is 2. The molecule has 38 heavy (non-hydrogen) atoms. The number of anilines is 1. The summed E-state index contributed by atoms with van der Waals surface area (Å²) >= 11 is 0. The summed E-state index contributed by atoms with van der Waals surface area (Å²) in [6, 6.07) is 21.4. The molecule has 0 aliphatic carbocycles. The van der Waals surface area contributed by atoms with E-state index in [-0.39, 0.29) is 27.4 Å². The number of hydrogen-bond donors (Lipinski definition) is 3. The van der Waals surface area contributed by atoms with Crippen molar-refractivity contribution in [3.63, 3.8) is 0 Å². The smallest absolute Gasteiger partial charge is 0.279 e. The number of quaternary nitrogens is 1. The third kappa shape index (κ3) is 6.46. The molecule has 0 aromatic heterocycles. The fourth-order valence-corrected chi connectivity index (χ4v) is 5.45. The average molecular weight is 540 g/mol. The predicted octanol–water partition coefficient (Wildman–Crippen LogP) is 3.84. The van der Waals surface area contributed by atoms with E-state index in [0.29, 0.717) is 6.54 Å². The van der Waals surface area contributed by atoms with Gasteiger partial charge in [-0.25, -0.2) is 8.42 Å². The molecule has 0 spiro atoms. The molecule has 10 heteroatoms. The first-order chi connectivity index (χ1) is 17.9. The molecule has 1 aliphatic rings. The lowest BCUT2D eigenvalue weighted by molar-refractivity contribution is -1.01. The number of sulfonamides is 1. The average Bonchev–Trinajstić information content (AvgIpc) is 3.10. The highest BCUT2D eigenvalue weighted by atomic mass is 32.2. The molecule has 3 aromatic carbocycles. The molecule has 1 aliphatic heterocycles. The Kier molecular flexibility index (Phi) is 9.05. The maximum absolute atomic E-state index is 12.8. The van der Waals surface area contributed by atoms with Crippen LogP contribution in [-0.2, 0) is 21.4 Å². The number of nitrogens with one attached hydrogen (secondary N) is 1. The number of carbonyl (C=O) groups is 2. The third-order valence-electron chi connectivity index (χ3n) is 6.59. The van der Waals surface area contributed by atoms with Gasteiger partial charge in [0, 0.05) is 30.7 Å². The minimum atomic E-state index is -3.68. The van der Waals surface area contributed by atoms with Crippen LogP contribution in [0.4, 0.5) is 5.69 Å². The van der Waals surface area contributed by atoms with E-state index in [0.717, 1.165) is 22.4 Å². The van der Waals surface area contributed by atoms with Gasteiger partial charge in [0.05, 0.1) is 10.8 Å². The number of hydrogen-bond acceptors (Lipinski definition) is 6. The van der Waals surface area contributed by atoms with Crippen LogP contribution in [0.2, 0.25) is 0 Å². The van der Waals surface area contributed by atoms with E-state index in [4.69, 9.17) is 0 Å². The Morgan fingerprint density at radius 2 is 1.45 bits per heavy atom. The van der Waals surface area contributed by atoms with Crippen molar-refractivity contribution in [1.29, 1.82) is 0 Å². The second-order valence-electron chi connectivity index (χ2n) is 9.35. The first-order valence-electron chi connectivity index (χ1n) is 12.1. The number of aliphatic hydroxyl groups is 2. The number of para-hydroxylation sites is 1. The zero-order valence-corrected chi connectivity index (χ0v) is 22.6. The molecule has 0 fully saturated rings. The summed E-state index contributed by atoms with van der Waals surface area (Å²) in [5, 5.41) is 23.9. The lowest BCUT2D eigenvalue weighted by Gasteiger charge is -2.42. The van der Waals surface area contributed by atoms with Crippen molar-refractivity contribution in [2.24, 2.45) is 0 Å². The molecule has 202 valence electrons. The maximum Gasteiger partial charge on any atom is 0.279 e. The summed E-state index contributed by atoms with van der Waals surface area (Å²) in [6.45, 7) is 7.44. The molecule has 0 saturated carbocycles. The molecular weight excluding hydrogens is 506 g/mol. The third-order valence-corrected chi connectivity index (χ3v) is 7.91. The van der Waals surface area contributed by atoms with Gasteiger partial charge in [-0.05, 0) is 31.0 Å². The van der Waals surface area contributed by atoms with Crippen LogP contribution in [0.25, 0.3) is 4.72 Å². The Bertz CT molecular complexity index is 1380. The minimum Gasteiger partial charge on any atom is -0.537 e. The van der Waals surface area contributed by atoms with Crippen LogP contribution in [0.3, 0.4) is 0 Å².